The first-order valence-corrected chi connectivity index (χ1v) is 7.08. The zero-order valence-electron chi connectivity index (χ0n) is 11.2. The molecule has 0 aromatic rings. The minimum Gasteiger partial charge on any atom is -0.368 e. The lowest BCUT2D eigenvalue weighted by Crippen LogP contribution is -2.50. The van der Waals surface area contributed by atoms with E-state index in [1.54, 1.807) is 0 Å². The highest BCUT2D eigenvalue weighted by atomic mass is 16.5. The standard InChI is InChI=1S/C14H25NO2/c1-11(2)15-8-9-17-13(10-15)14(16)12-6-4-3-5-7-12/h11-13H,3-10H2,1-2H3. The fraction of sp³-hybridized carbons (Fsp3) is 0.929. The van der Waals surface area contributed by atoms with Crippen LogP contribution in [0, 0.1) is 5.92 Å². The largest absolute Gasteiger partial charge is 0.368 e. The number of nitrogens with zero attached hydrogens (tertiary/aromatic N) is 1. The van der Waals surface area contributed by atoms with Gasteiger partial charge in [-0.3, -0.25) is 9.69 Å². The monoisotopic (exact) mass is 239 g/mol. The molecule has 17 heavy (non-hydrogen) atoms. The number of hydrogen-bond acceptors (Lipinski definition) is 3. The topological polar surface area (TPSA) is 29.5 Å². The molecule has 1 heterocycles. The first kappa shape index (κ1) is 13.0. The smallest absolute Gasteiger partial charge is 0.165 e. The highest BCUT2D eigenvalue weighted by Crippen LogP contribution is 2.26. The van der Waals surface area contributed by atoms with Crippen LogP contribution < -0.4 is 0 Å². The molecule has 0 radical (unpaired) electrons. The summed E-state index contributed by atoms with van der Waals surface area (Å²) in [6, 6.07) is 0.514. The third-order valence-electron chi connectivity index (χ3n) is 4.15. The minimum absolute atomic E-state index is 0.158. The van der Waals surface area contributed by atoms with Gasteiger partial charge in [0.05, 0.1) is 6.61 Å². The van der Waals surface area contributed by atoms with E-state index in [1.807, 2.05) is 0 Å². The molecule has 0 aromatic carbocycles. The molecule has 1 saturated carbocycles. The third kappa shape index (κ3) is 3.29. The van der Waals surface area contributed by atoms with Gasteiger partial charge in [-0.2, -0.15) is 0 Å². The Labute approximate surface area is 105 Å². The number of carbonyl (C=O) groups excluding carboxylic acids is 1. The van der Waals surface area contributed by atoms with Gasteiger partial charge in [0, 0.05) is 25.0 Å². The summed E-state index contributed by atoms with van der Waals surface area (Å²) in [4.78, 5) is 14.7. The van der Waals surface area contributed by atoms with E-state index >= 15 is 0 Å². The summed E-state index contributed by atoms with van der Waals surface area (Å²) in [5, 5.41) is 0. The lowest BCUT2D eigenvalue weighted by molar-refractivity contribution is -0.142. The maximum Gasteiger partial charge on any atom is 0.165 e. The Bertz CT molecular complexity index is 259. The van der Waals surface area contributed by atoms with Gasteiger partial charge in [-0.25, -0.2) is 0 Å². The van der Waals surface area contributed by atoms with Crippen molar-refractivity contribution < 1.29 is 9.53 Å². The van der Waals surface area contributed by atoms with Crippen molar-refractivity contribution in [2.45, 2.75) is 58.1 Å². The van der Waals surface area contributed by atoms with Crippen LogP contribution in [0.15, 0.2) is 0 Å². The number of hydrogen-bond donors (Lipinski definition) is 0. The Kier molecular flexibility index (Phi) is 4.57. The molecule has 3 heteroatoms. The number of carbonyl (C=O) groups is 1. The van der Waals surface area contributed by atoms with Gasteiger partial charge in [-0.15, -0.1) is 0 Å². The Morgan fingerprint density at radius 2 is 1.94 bits per heavy atom. The fourth-order valence-corrected chi connectivity index (χ4v) is 2.96. The molecule has 1 unspecified atom stereocenters. The van der Waals surface area contributed by atoms with E-state index in [1.165, 1.54) is 19.3 Å². The molecule has 0 bridgehead atoms. The predicted octanol–water partition coefficient (Wildman–Crippen LogP) is 2.25. The van der Waals surface area contributed by atoms with Crippen molar-refractivity contribution in [2.75, 3.05) is 19.7 Å². The molecule has 2 fully saturated rings. The van der Waals surface area contributed by atoms with Gasteiger partial charge in [-0.05, 0) is 26.7 Å². The van der Waals surface area contributed by atoms with E-state index in [-0.39, 0.29) is 12.0 Å². The van der Waals surface area contributed by atoms with Crippen LogP contribution in [0.5, 0.6) is 0 Å². The number of rotatable bonds is 3. The van der Waals surface area contributed by atoms with Crippen molar-refractivity contribution >= 4 is 5.78 Å². The minimum atomic E-state index is -0.158. The van der Waals surface area contributed by atoms with Gasteiger partial charge in [0.1, 0.15) is 6.10 Å². The Morgan fingerprint density at radius 3 is 2.59 bits per heavy atom. The fourth-order valence-electron chi connectivity index (χ4n) is 2.96. The zero-order chi connectivity index (χ0) is 12.3. The summed E-state index contributed by atoms with van der Waals surface area (Å²) >= 11 is 0. The molecule has 1 aliphatic heterocycles. The second-order valence-corrected chi connectivity index (χ2v) is 5.69. The number of ether oxygens (including phenoxy) is 1. The Hall–Kier alpha value is -0.410. The molecule has 98 valence electrons. The zero-order valence-corrected chi connectivity index (χ0v) is 11.2. The molecule has 1 atom stereocenters. The molecule has 0 spiro atoms. The van der Waals surface area contributed by atoms with Crippen molar-refractivity contribution in [1.82, 2.24) is 4.90 Å². The number of Topliss-reactive ketones (excluding diaryl/α,β-unsaturated/α-hetero) is 1. The van der Waals surface area contributed by atoms with Crippen LogP contribution in [0.2, 0.25) is 0 Å². The van der Waals surface area contributed by atoms with E-state index in [0.717, 1.165) is 25.9 Å². The van der Waals surface area contributed by atoms with Crippen LogP contribution in [0.4, 0.5) is 0 Å². The second-order valence-electron chi connectivity index (χ2n) is 5.69. The Balaban J connectivity index is 1.89. The molecule has 0 amide bonds. The highest BCUT2D eigenvalue weighted by Gasteiger charge is 2.32. The number of ketones is 1. The SMILES string of the molecule is CC(C)N1CCOC(C(=O)C2CCCCC2)C1. The second kappa shape index (κ2) is 5.96. The van der Waals surface area contributed by atoms with E-state index in [2.05, 4.69) is 18.7 Å². The molecule has 2 aliphatic rings. The lowest BCUT2D eigenvalue weighted by Gasteiger charge is -2.36. The Morgan fingerprint density at radius 1 is 1.24 bits per heavy atom. The van der Waals surface area contributed by atoms with Crippen LogP contribution >= 0.6 is 0 Å². The van der Waals surface area contributed by atoms with Crippen LogP contribution in [0.3, 0.4) is 0 Å². The molecule has 1 aliphatic carbocycles. The average Bonchev–Trinajstić information content (AvgIpc) is 2.39. The van der Waals surface area contributed by atoms with Gasteiger partial charge >= 0.3 is 0 Å². The molecular weight excluding hydrogens is 214 g/mol. The molecule has 1 saturated heterocycles. The van der Waals surface area contributed by atoms with Crippen molar-refractivity contribution in [2.24, 2.45) is 5.92 Å². The summed E-state index contributed by atoms with van der Waals surface area (Å²) < 4.78 is 5.68. The average molecular weight is 239 g/mol. The summed E-state index contributed by atoms with van der Waals surface area (Å²) in [5.74, 6) is 0.649. The molecule has 0 N–H and O–H groups in total. The van der Waals surface area contributed by atoms with E-state index in [4.69, 9.17) is 4.74 Å². The van der Waals surface area contributed by atoms with Crippen LogP contribution in [0.1, 0.15) is 46.0 Å². The number of morpholine rings is 1. The lowest BCUT2D eigenvalue weighted by atomic mass is 9.84. The van der Waals surface area contributed by atoms with Crippen molar-refractivity contribution in [3.8, 4) is 0 Å². The first-order valence-electron chi connectivity index (χ1n) is 7.08. The van der Waals surface area contributed by atoms with Crippen LogP contribution in [-0.2, 0) is 9.53 Å². The quantitative estimate of drug-likeness (QED) is 0.756. The van der Waals surface area contributed by atoms with Crippen molar-refractivity contribution in [3.05, 3.63) is 0 Å². The first-order chi connectivity index (χ1) is 8.18. The summed E-state index contributed by atoms with van der Waals surface area (Å²) in [6.45, 7) is 6.85. The summed E-state index contributed by atoms with van der Waals surface area (Å²) in [7, 11) is 0. The van der Waals surface area contributed by atoms with E-state index in [9.17, 15) is 4.79 Å². The van der Waals surface area contributed by atoms with Gasteiger partial charge in [0.25, 0.3) is 0 Å². The van der Waals surface area contributed by atoms with Gasteiger partial charge < -0.3 is 4.74 Å². The van der Waals surface area contributed by atoms with Crippen LogP contribution in [0.25, 0.3) is 0 Å². The maximum absolute atomic E-state index is 12.4. The highest BCUT2D eigenvalue weighted by molar-refractivity contribution is 5.85. The summed E-state index contributed by atoms with van der Waals surface area (Å²) in [5.41, 5.74) is 0. The van der Waals surface area contributed by atoms with Crippen molar-refractivity contribution in [3.63, 3.8) is 0 Å². The van der Waals surface area contributed by atoms with E-state index in [0.29, 0.717) is 18.4 Å². The van der Waals surface area contributed by atoms with Crippen molar-refractivity contribution in [1.29, 1.82) is 0 Å². The van der Waals surface area contributed by atoms with Gasteiger partial charge in [-0.1, -0.05) is 19.3 Å². The molecular formula is C14H25NO2. The van der Waals surface area contributed by atoms with Crippen LogP contribution in [-0.4, -0.2) is 42.5 Å². The molecule has 0 aromatic heterocycles. The predicted molar refractivity (Wildman–Crippen MR) is 68.0 cm³/mol. The van der Waals surface area contributed by atoms with Gasteiger partial charge in [0.15, 0.2) is 5.78 Å². The summed E-state index contributed by atoms with van der Waals surface area (Å²) in [6.07, 6.45) is 5.75. The van der Waals surface area contributed by atoms with E-state index < -0.39 is 0 Å². The normalized spacial score (nSPS) is 28.5. The molecule has 2 rings (SSSR count). The molecule has 3 nitrogen and oxygen atoms in total. The maximum atomic E-state index is 12.4. The third-order valence-corrected chi connectivity index (χ3v) is 4.15. The van der Waals surface area contributed by atoms with Gasteiger partial charge in [0.2, 0.25) is 0 Å².